The Labute approximate surface area is 115 Å². The van der Waals surface area contributed by atoms with Crippen LogP contribution in [0.1, 0.15) is 27.9 Å². The van der Waals surface area contributed by atoms with Crippen molar-refractivity contribution in [3.63, 3.8) is 0 Å². The SMILES string of the molecule is Cc1ccc(C)c(C(=O)COC(=O)C2CC2[N+](=O)[O-])c1. The van der Waals surface area contributed by atoms with Gasteiger partial charge >= 0.3 is 5.97 Å². The molecule has 0 radical (unpaired) electrons. The number of rotatable bonds is 5. The zero-order chi connectivity index (χ0) is 14.9. The van der Waals surface area contributed by atoms with Gasteiger partial charge < -0.3 is 4.74 Å². The Morgan fingerprint density at radius 1 is 1.40 bits per heavy atom. The van der Waals surface area contributed by atoms with Gasteiger partial charge in [0.2, 0.25) is 11.8 Å². The van der Waals surface area contributed by atoms with Crippen LogP contribution >= 0.6 is 0 Å². The van der Waals surface area contributed by atoms with Crippen molar-refractivity contribution in [3.8, 4) is 0 Å². The van der Waals surface area contributed by atoms with Gasteiger partial charge in [0.25, 0.3) is 0 Å². The summed E-state index contributed by atoms with van der Waals surface area (Å²) >= 11 is 0. The highest BCUT2D eigenvalue weighted by Gasteiger charge is 2.54. The Hall–Kier alpha value is -2.24. The normalized spacial score (nSPS) is 20.3. The Morgan fingerprint density at radius 2 is 2.10 bits per heavy atom. The second-order valence-electron chi connectivity index (χ2n) is 5.04. The third kappa shape index (κ3) is 3.01. The molecule has 1 aromatic carbocycles. The highest BCUT2D eigenvalue weighted by Crippen LogP contribution is 2.34. The molecule has 2 rings (SSSR count). The van der Waals surface area contributed by atoms with Crippen molar-refractivity contribution < 1.29 is 19.2 Å². The second-order valence-corrected chi connectivity index (χ2v) is 5.04. The van der Waals surface area contributed by atoms with Crippen LogP contribution in [-0.2, 0) is 9.53 Å². The van der Waals surface area contributed by atoms with E-state index in [4.69, 9.17) is 4.74 Å². The molecule has 1 saturated carbocycles. The van der Waals surface area contributed by atoms with Crippen molar-refractivity contribution in [1.82, 2.24) is 0 Å². The molecule has 2 atom stereocenters. The molecule has 0 saturated heterocycles. The minimum Gasteiger partial charge on any atom is -0.457 e. The summed E-state index contributed by atoms with van der Waals surface area (Å²) in [6.07, 6.45) is 0.198. The van der Waals surface area contributed by atoms with Crippen LogP contribution in [0.5, 0.6) is 0 Å². The number of hydrogen-bond acceptors (Lipinski definition) is 5. The van der Waals surface area contributed by atoms with Crippen LogP contribution in [0.3, 0.4) is 0 Å². The molecular formula is C14H15NO5. The van der Waals surface area contributed by atoms with Crippen molar-refractivity contribution in [1.29, 1.82) is 0 Å². The largest absolute Gasteiger partial charge is 0.457 e. The Morgan fingerprint density at radius 3 is 2.70 bits per heavy atom. The number of carbonyl (C=O) groups is 2. The van der Waals surface area contributed by atoms with Gasteiger partial charge in [0.1, 0.15) is 5.92 Å². The van der Waals surface area contributed by atoms with E-state index in [0.717, 1.165) is 11.1 Å². The van der Waals surface area contributed by atoms with Crippen LogP contribution in [0, 0.1) is 29.9 Å². The third-order valence-corrected chi connectivity index (χ3v) is 3.37. The van der Waals surface area contributed by atoms with Crippen LogP contribution < -0.4 is 0 Å². The highest BCUT2D eigenvalue weighted by molar-refractivity contribution is 5.99. The first kappa shape index (κ1) is 14.2. The lowest BCUT2D eigenvalue weighted by Gasteiger charge is -2.07. The van der Waals surface area contributed by atoms with Crippen LogP contribution in [-0.4, -0.2) is 29.3 Å². The molecule has 6 nitrogen and oxygen atoms in total. The molecule has 0 N–H and O–H groups in total. The van der Waals surface area contributed by atoms with E-state index in [2.05, 4.69) is 0 Å². The molecule has 20 heavy (non-hydrogen) atoms. The first-order chi connectivity index (χ1) is 9.40. The molecule has 0 bridgehead atoms. The Balaban J connectivity index is 1.91. The van der Waals surface area contributed by atoms with Gasteiger partial charge in [-0.3, -0.25) is 19.7 Å². The average molecular weight is 277 g/mol. The van der Waals surface area contributed by atoms with Crippen molar-refractivity contribution >= 4 is 11.8 Å². The van der Waals surface area contributed by atoms with Gasteiger partial charge in [0.05, 0.1) is 0 Å². The molecule has 2 unspecified atom stereocenters. The van der Waals surface area contributed by atoms with Gasteiger partial charge in [0.15, 0.2) is 6.61 Å². The first-order valence-corrected chi connectivity index (χ1v) is 6.30. The summed E-state index contributed by atoms with van der Waals surface area (Å²) < 4.78 is 4.86. The monoisotopic (exact) mass is 277 g/mol. The fourth-order valence-corrected chi connectivity index (χ4v) is 2.03. The minimum atomic E-state index is -0.849. The number of ether oxygens (including phenoxy) is 1. The maximum absolute atomic E-state index is 12.0. The lowest BCUT2D eigenvalue weighted by Crippen LogP contribution is -2.18. The number of benzene rings is 1. The lowest BCUT2D eigenvalue weighted by atomic mass is 10.0. The smallest absolute Gasteiger partial charge is 0.316 e. The molecule has 0 heterocycles. The number of aryl methyl sites for hydroxylation is 2. The van der Waals surface area contributed by atoms with E-state index in [1.165, 1.54) is 0 Å². The maximum Gasteiger partial charge on any atom is 0.316 e. The van der Waals surface area contributed by atoms with E-state index in [-0.39, 0.29) is 18.8 Å². The first-order valence-electron chi connectivity index (χ1n) is 6.30. The van der Waals surface area contributed by atoms with Crippen LogP contribution in [0.2, 0.25) is 0 Å². The number of Topliss-reactive ketones (excluding diaryl/α,β-unsaturated/α-hetero) is 1. The number of nitrogens with zero attached hydrogens (tertiary/aromatic N) is 1. The standard InChI is InChI=1S/C14H15NO5/c1-8-3-4-9(2)10(5-8)13(16)7-20-14(17)11-6-12(11)15(18)19/h3-5,11-12H,6-7H2,1-2H3. The van der Waals surface area contributed by atoms with Crippen molar-refractivity contribution in [2.24, 2.45) is 5.92 Å². The van der Waals surface area contributed by atoms with Crippen molar-refractivity contribution in [2.45, 2.75) is 26.3 Å². The van der Waals surface area contributed by atoms with E-state index in [1.54, 1.807) is 13.0 Å². The number of carbonyl (C=O) groups excluding carboxylic acids is 2. The zero-order valence-electron chi connectivity index (χ0n) is 11.3. The molecule has 0 amide bonds. The molecule has 1 aliphatic rings. The highest BCUT2D eigenvalue weighted by atomic mass is 16.6. The third-order valence-electron chi connectivity index (χ3n) is 3.37. The van der Waals surface area contributed by atoms with Crippen LogP contribution in [0.4, 0.5) is 0 Å². The number of nitro groups is 1. The summed E-state index contributed by atoms with van der Waals surface area (Å²) in [6, 6.07) is 4.61. The zero-order valence-corrected chi connectivity index (χ0v) is 11.3. The van der Waals surface area contributed by atoms with Crippen molar-refractivity contribution in [2.75, 3.05) is 6.61 Å². The summed E-state index contributed by atoms with van der Waals surface area (Å²) in [6.45, 7) is 3.30. The average Bonchev–Trinajstić information content (AvgIpc) is 3.19. The molecule has 6 heteroatoms. The minimum absolute atomic E-state index is 0.198. The number of hydrogen-bond donors (Lipinski definition) is 0. The van der Waals surface area contributed by atoms with E-state index in [0.29, 0.717) is 5.56 Å². The van der Waals surface area contributed by atoms with E-state index in [1.807, 2.05) is 19.1 Å². The molecule has 106 valence electrons. The van der Waals surface area contributed by atoms with Crippen LogP contribution in [0.15, 0.2) is 18.2 Å². The predicted molar refractivity (Wildman–Crippen MR) is 70.1 cm³/mol. The van der Waals surface area contributed by atoms with Gasteiger partial charge in [-0.2, -0.15) is 0 Å². The van der Waals surface area contributed by atoms with E-state index < -0.39 is 22.9 Å². The molecule has 1 aromatic rings. The Bertz CT molecular complexity index is 581. The van der Waals surface area contributed by atoms with Gasteiger partial charge in [-0.1, -0.05) is 17.7 Å². The fourth-order valence-electron chi connectivity index (χ4n) is 2.03. The lowest BCUT2D eigenvalue weighted by molar-refractivity contribution is -0.497. The van der Waals surface area contributed by atoms with Gasteiger partial charge in [0, 0.05) is 16.9 Å². The van der Waals surface area contributed by atoms with E-state index in [9.17, 15) is 19.7 Å². The molecule has 0 spiro atoms. The molecule has 0 aromatic heterocycles. The molecule has 1 aliphatic carbocycles. The van der Waals surface area contributed by atoms with Gasteiger partial charge in [-0.25, -0.2) is 0 Å². The topological polar surface area (TPSA) is 86.5 Å². The Kier molecular flexibility index (Phi) is 3.83. The summed E-state index contributed by atoms with van der Waals surface area (Å²) in [5, 5.41) is 10.4. The predicted octanol–water partition coefficient (Wildman–Crippen LogP) is 1.69. The molecular weight excluding hydrogens is 262 g/mol. The summed E-state index contributed by atoms with van der Waals surface area (Å²) in [5.74, 6) is -1.65. The molecule has 1 fully saturated rings. The van der Waals surface area contributed by atoms with Crippen LogP contribution in [0.25, 0.3) is 0 Å². The van der Waals surface area contributed by atoms with Crippen molar-refractivity contribution in [3.05, 3.63) is 45.0 Å². The summed E-state index contributed by atoms with van der Waals surface area (Å²) in [7, 11) is 0. The number of esters is 1. The fraction of sp³-hybridized carbons (Fsp3) is 0.429. The molecule has 0 aliphatic heterocycles. The maximum atomic E-state index is 12.0. The second kappa shape index (κ2) is 5.40. The quantitative estimate of drug-likeness (QED) is 0.354. The summed E-state index contributed by atoms with van der Waals surface area (Å²) in [4.78, 5) is 33.5. The van der Waals surface area contributed by atoms with Gasteiger partial charge in [-0.05, 0) is 25.5 Å². The van der Waals surface area contributed by atoms with E-state index >= 15 is 0 Å². The van der Waals surface area contributed by atoms with Gasteiger partial charge in [-0.15, -0.1) is 0 Å². The number of ketones is 1. The summed E-state index contributed by atoms with van der Waals surface area (Å²) in [5.41, 5.74) is 2.27.